The molecule has 1 aliphatic heterocycles. The van der Waals surface area contributed by atoms with Crippen molar-refractivity contribution >= 4 is 11.5 Å². The third kappa shape index (κ3) is 2.61. The van der Waals surface area contributed by atoms with Crippen molar-refractivity contribution in [1.29, 1.82) is 5.41 Å². The molecule has 0 amide bonds. The number of hydrogen-bond acceptors (Lipinski definition) is 4. The van der Waals surface area contributed by atoms with Gasteiger partial charge in [0, 0.05) is 25.3 Å². The maximum absolute atomic E-state index is 7.63. The number of nitrogens with one attached hydrogen (secondary N) is 1. The highest BCUT2D eigenvalue weighted by molar-refractivity contribution is 5.98. The predicted molar refractivity (Wildman–Crippen MR) is 74.2 cm³/mol. The molecule has 98 valence electrons. The van der Waals surface area contributed by atoms with Crippen molar-refractivity contribution in [1.82, 2.24) is 9.88 Å². The largest absolute Gasteiger partial charge is 0.382 e. The summed E-state index contributed by atoms with van der Waals surface area (Å²) < 4.78 is 0. The molecular formula is C13H21N5. The summed E-state index contributed by atoms with van der Waals surface area (Å²) in [5, 5.41) is 7.63. The van der Waals surface area contributed by atoms with Crippen molar-refractivity contribution in [2.45, 2.75) is 19.4 Å². The zero-order chi connectivity index (χ0) is 13.1. The van der Waals surface area contributed by atoms with Gasteiger partial charge in [0.05, 0.1) is 5.69 Å². The normalized spacial score (nSPS) is 21.7. The Hall–Kier alpha value is -1.62. The van der Waals surface area contributed by atoms with Crippen LogP contribution < -0.4 is 10.6 Å². The van der Waals surface area contributed by atoms with E-state index in [0.29, 0.717) is 11.7 Å². The average Bonchev–Trinajstić information content (AvgIpc) is 2.50. The fourth-order valence-corrected chi connectivity index (χ4v) is 2.57. The van der Waals surface area contributed by atoms with Crippen LogP contribution in [0, 0.1) is 5.41 Å². The van der Waals surface area contributed by atoms with E-state index in [1.165, 1.54) is 0 Å². The number of anilines is 1. The van der Waals surface area contributed by atoms with Crippen molar-refractivity contribution in [2.24, 2.45) is 5.73 Å². The van der Waals surface area contributed by atoms with Crippen LogP contribution in [0.5, 0.6) is 0 Å². The van der Waals surface area contributed by atoms with Crippen molar-refractivity contribution < 1.29 is 0 Å². The molecule has 1 saturated heterocycles. The Morgan fingerprint density at radius 2 is 2.28 bits per heavy atom. The van der Waals surface area contributed by atoms with E-state index >= 15 is 0 Å². The molecule has 2 rings (SSSR count). The Kier molecular flexibility index (Phi) is 3.81. The highest BCUT2D eigenvalue weighted by Crippen LogP contribution is 2.22. The molecule has 0 saturated carbocycles. The Balaban J connectivity index is 2.32. The summed E-state index contributed by atoms with van der Waals surface area (Å²) >= 11 is 0. The first-order valence-corrected chi connectivity index (χ1v) is 6.34. The van der Waals surface area contributed by atoms with Crippen LogP contribution in [0.25, 0.3) is 0 Å². The second kappa shape index (κ2) is 5.35. The lowest BCUT2D eigenvalue weighted by Crippen LogP contribution is -2.39. The molecular weight excluding hydrogens is 226 g/mol. The predicted octanol–water partition coefficient (Wildman–Crippen LogP) is 0.896. The van der Waals surface area contributed by atoms with Gasteiger partial charge in [0.25, 0.3) is 0 Å². The fraction of sp³-hybridized carbons (Fsp3) is 0.538. The summed E-state index contributed by atoms with van der Waals surface area (Å²) in [6, 6.07) is 4.31. The highest BCUT2D eigenvalue weighted by atomic mass is 15.2. The summed E-state index contributed by atoms with van der Waals surface area (Å²) in [6.45, 7) is 5.32. The summed E-state index contributed by atoms with van der Waals surface area (Å²) in [4.78, 5) is 8.89. The molecule has 0 bridgehead atoms. The van der Waals surface area contributed by atoms with Crippen molar-refractivity contribution in [3.05, 3.63) is 24.0 Å². The quantitative estimate of drug-likeness (QED) is 0.601. The Labute approximate surface area is 108 Å². The molecule has 0 aliphatic carbocycles. The van der Waals surface area contributed by atoms with E-state index in [1.807, 2.05) is 12.1 Å². The van der Waals surface area contributed by atoms with Crippen LogP contribution in [-0.4, -0.2) is 48.4 Å². The molecule has 0 spiro atoms. The number of likely N-dealkylation sites (N-methyl/N-ethyl adjacent to an activating group) is 1. The van der Waals surface area contributed by atoms with Crippen LogP contribution in [-0.2, 0) is 0 Å². The minimum absolute atomic E-state index is 0.0374. The van der Waals surface area contributed by atoms with Gasteiger partial charge in [-0.3, -0.25) is 10.4 Å². The second-order valence-corrected chi connectivity index (χ2v) is 4.94. The molecule has 1 unspecified atom stereocenters. The van der Waals surface area contributed by atoms with Crippen molar-refractivity contribution in [2.75, 3.05) is 31.6 Å². The molecule has 2 heterocycles. The van der Waals surface area contributed by atoms with E-state index in [2.05, 4.69) is 28.8 Å². The maximum atomic E-state index is 7.63. The first-order valence-electron chi connectivity index (χ1n) is 6.34. The summed E-state index contributed by atoms with van der Waals surface area (Å²) in [5.41, 5.74) is 7.19. The van der Waals surface area contributed by atoms with Gasteiger partial charge < -0.3 is 15.5 Å². The smallest absolute Gasteiger partial charge is 0.143 e. The SMILES string of the molecule is CC1CN(C)CCCN1c1cccnc1C(=N)N. The third-order valence-electron chi connectivity index (χ3n) is 3.40. The molecule has 1 aromatic heterocycles. The molecule has 1 aromatic rings. The number of rotatable bonds is 2. The molecule has 0 aromatic carbocycles. The molecule has 1 atom stereocenters. The Morgan fingerprint density at radius 1 is 1.50 bits per heavy atom. The lowest BCUT2D eigenvalue weighted by molar-refractivity contribution is 0.337. The van der Waals surface area contributed by atoms with Crippen molar-refractivity contribution in [3.63, 3.8) is 0 Å². The van der Waals surface area contributed by atoms with E-state index < -0.39 is 0 Å². The van der Waals surface area contributed by atoms with Gasteiger partial charge in [0.1, 0.15) is 11.5 Å². The zero-order valence-electron chi connectivity index (χ0n) is 11.1. The van der Waals surface area contributed by atoms with Gasteiger partial charge in [-0.2, -0.15) is 0 Å². The van der Waals surface area contributed by atoms with Gasteiger partial charge >= 0.3 is 0 Å². The van der Waals surface area contributed by atoms with Crippen LogP contribution in [0.3, 0.4) is 0 Å². The minimum atomic E-state index is 0.0374. The van der Waals surface area contributed by atoms with Crippen LogP contribution in [0.1, 0.15) is 19.0 Å². The Morgan fingerprint density at radius 3 is 3.00 bits per heavy atom. The first kappa shape index (κ1) is 12.8. The molecule has 5 heteroatoms. The molecule has 1 aliphatic rings. The standard InChI is InChI=1S/C13H21N5/c1-10-9-17(2)7-4-8-18(10)11-5-3-6-16-12(11)13(14)15/h3,5-6,10H,4,7-9H2,1-2H3,(H3,14,15). The zero-order valence-corrected chi connectivity index (χ0v) is 11.1. The molecule has 3 N–H and O–H groups in total. The van der Waals surface area contributed by atoms with Gasteiger partial charge in [0.2, 0.25) is 0 Å². The number of nitrogens with two attached hydrogens (primary N) is 1. The topological polar surface area (TPSA) is 69.2 Å². The first-order chi connectivity index (χ1) is 8.59. The number of nitrogen functional groups attached to an aromatic ring is 1. The lowest BCUT2D eigenvalue weighted by atomic mass is 10.2. The van der Waals surface area contributed by atoms with Crippen LogP contribution >= 0.6 is 0 Å². The fourth-order valence-electron chi connectivity index (χ4n) is 2.57. The Bertz CT molecular complexity index is 431. The van der Waals surface area contributed by atoms with E-state index in [4.69, 9.17) is 11.1 Å². The average molecular weight is 247 g/mol. The number of amidine groups is 1. The molecule has 18 heavy (non-hydrogen) atoms. The minimum Gasteiger partial charge on any atom is -0.382 e. The highest BCUT2D eigenvalue weighted by Gasteiger charge is 2.22. The van der Waals surface area contributed by atoms with E-state index in [9.17, 15) is 0 Å². The summed E-state index contributed by atoms with van der Waals surface area (Å²) in [7, 11) is 2.15. The van der Waals surface area contributed by atoms with E-state index in [0.717, 1.165) is 31.7 Å². The summed E-state index contributed by atoms with van der Waals surface area (Å²) in [6.07, 6.45) is 2.81. The molecule has 5 nitrogen and oxygen atoms in total. The van der Waals surface area contributed by atoms with Crippen LogP contribution in [0.2, 0.25) is 0 Å². The number of pyridine rings is 1. The lowest BCUT2D eigenvalue weighted by Gasteiger charge is -2.31. The van der Waals surface area contributed by atoms with Gasteiger partial charge in [-0.25, -0.2) is 0 Å². The monoisotopic (exact) mass is 247 g/mol. The second-order valence-electron chi connectivity index (χ2n) is 4.94. The van der Waals surface area contributed by atoms with Crippen LogP contribution in [0.4, 0.5) is 5.69 Å². The number of nitrogens with zero attached hydrogens (tertiary/aromatic N) is 3. The van der Waals surface area contributed by atoms with Gasteiger partial charge in [-0.1, -0.05) is 0 Å². The van der Waals surface area contributed by atoms with Gasteiger partial charge in [0.15, 0.2) is 0 Å². The number of aromatic nitrogens is 1. The maximum Gasteiger partial charge on any atom is 0.143 e. The summed E-state index contributed by atoms with van der Waals surface area (Å²) in [5.74, 6) is 0.0374. The van der Waals surface area contributed by atoms with Gasteiger partial charge in [-0.05, 0) is 39.1 Å². The van der Waals surface area contributed by atoms with Crippen molar-refractivity contribution in [3.8, 4) is 0 Å². The van der Waals surface area contributed by atoms with E-state index in [1.54, 1.807) is 6.20 Å². The van der Waals surface area contributed by atoms with Crippen LogP contribution in [0.15, 0.2) is 18.3 Å². The third-order valence-corrected chi connectivity index (χ3v) is 3.40. The van der Waals surface area contributed by atoms with Gasteiger partial charge in [-0.15, -0.1) is 0 Å². The molecule has 1 fully saturated rings. The molecule has 0 radical (unpaired) electrons. The van der Waals surface area contributed by atoms with E-state index in [-0.39, 0.29) is 5.84 Å². The number of hydrogen-bond donors (Lipinski definition) is 2.